The van der Waals surface area contributed by atoms with Crippen LogP contribution in [0.1, 0.15) is 12.8 Å². The van der Waals surface area contributed by atoms with Gasteiger partial charge in [-0.2, -0.15) is 0 Å². The lowest BCUT2D eigenvalue weighted by molar-refractivity contribution is -0.126. The van der Waals surface area contributed by atoms with Crippen molar-refractivity contribution in [3.63, 3.8) is 0 Å². The first-order valence-electron chi connectivity index (χ1n) is 9.74. The Labute approximate surface area is 164 Å². The largest absolute Gasteiger partial charge is 0.371 e. The van der Waals surface area contributed by atoms with Crippen molar-refractivity contribution in [2.75, 3.05) is 36.0 Å². The monoisotopic (exact) mass is 381 g/mol. The Balaban J connectivity index is 1.29. The third-order valence-electron chi connectivity index (χ3n) is 5.61. The zero-order valence-electron chi connectivity index (χ0n) is 15.7. The fraction of sp³-hybridized carbons (Fsp3) is 0.364. The molecule has 2 saturated heterocycles. The summed E-state index contributed by atoms with van der Waals surface area (Å²) in [5.74, 6) is -0.807. The summed E-state index contributed by atoms with van der Waals surface area (Å²) in [5, 5.41) is 3.01. The van der Waals surface area contributed by atoms with Crippen molar-refractivity contribution in [1.82, 2.24) is 5.32 Å². The van der Waals surface area contributed by atoms with Gasteiger partial charge in [0.25, 0.3) is 0 Å². The van der Waals surface area contributed by atoms with Gasteiger partial charge >= 0.3 is 0 Å². The highest BCUT2D eigenvalue weighted by Gasteiger charge is 2.36. The molecule has 0 aromatic heterocycles. The fourth-order valence-corrected chi connectivity index (χ4v) is 4.05. The van der Waals surface area contributed by atoms with Gasteiger partial charge in [-0.3, -0.25) is 9.59 Å². The van der Waals surface area contributed by atoms with Gasteiger partial charge in [-0.15, -0.1) is 0 Å². The van der Waals surface area contributed by atoms with Crippen LogP contribution in [0.15, 0.2) is 54.6 Å². The molecule has 2 aromatic carbocycles. The number of benzene rings is 2. The standard InChI is InChI=1S/C22H24FN3O2/c23-19-8-4-5-9-20(19)26-15-17(12-21(26)27)22(28)24-13-16-10-11-25(14-16)18-6-2-1-3-7-18/h1-9,16-17H,10-15H2,(H,24,28). The molecule has 6 heteroatoms. The number of carbonyl (C=O) groups is 2. The number of nitrogens with zero attached hydrogens (tertiary/aromatic N) is 2. The Morgan fingerprint density at radius 3 is 2.61 bits per heavy atom. The lowest BCUT2D eigenvalue weighted by Gasteiger charge is -2.19. The van der Waals surface area contributed by atoms with Crippen molar-refractivity contribution in [3.05, 3.63) is 60.4 Å². The van der Waals surface area contributed by atoms with Crippen LogP contribution in [0.3, 0.4) is 0 Å². The molecule has 5 nitrogen and oxygen atoms in total. The molecule has 2 atom stereocenters. The van der Waals surface area contributed by atoms with E-state index in [2.05, 4.69) is 22.3 Å². The predicted molar refractivity (Wildman–Crippen MR) is 107 cm³/mol. The summed E-state index contributed by atoms with van der Waals surface area (Å²) in [6.07, 6.45) is 1.15. The summed E-state index contributed by atoms with van der Waals surface area (Å²) >= 11 is 0. The van der Waals surface area contributed by atoms with Gasteiger partial charge in [-0.25, -0.2) is 4.39 Å². The molecule has 2 aliphatic rings. The summed E-state index contributed by atoms with van der Waals surface area (Å²) in [6, 6.07) is 16.4. The Kier molecular flexibility index (Phi) is 5.28. The number of halogens is 1. The molecule has 2 heterocycles. The summed E-state index contributed by atoms with van der Waals surface area (Å²) < 4.78 is 14.0. The van der Waals surface area contributed by atoms with Crippen molar-refractivity contribution in [3.8, 4) is 0 Å². The molecule has 146 valence electrons. The Morgan fingerprint density at radius 2 is 1.82 bits per heavy atom. The van der Waals surface area contributed by atoms with E-state index in [0.29, 0.717) is 12.5 Å². The number of para-hydroxylation sites is 2. The zero-order chi connectivity index (χ0) is 19.5. The van der Waals surface area contributed by atoms with E-state index in [4.69, 9.17) is 0 Å². The first-order chi connectivity index (χ1) is 13.6. The van der Waals surface area contributed by atoms with Crippen LogP contribution in [0.25, 0.3) is 0 Å². The van der Waals surface area contributed by atoms with Gasteiger partial charge in [0.2, 0.25) is 11.8 Å². The molecule has 2 unspecified atom stereocenters. The van der Waals surface area contributed by atoms with Crippen LogP contribution in [0.2, 0.25) is 0 Å². The molecule has 2 aliphatic heterocycles. The molecule has 1 N–H and O–H groups in total. The van der Waals surface area contributed by atoms with Crippen LogP contribution >= 0.6 is 0 Å². The molecular formula is C22H24FN3O2. The highest BCUT2D eigenvalue weighted by atomic mass is 19.1. The van der Waals surface area contributed by atoms with E-state index in [9.17, 15) is 14.0 Å². The topological polar surface area (TPSA) is 52.7 Å². The van der Waals surface area contributed by atoms with E-state index in [0.717, 1.165) is 19.5 Å². The van der Waals surface area contributed by atoms with Gasteiger partial charge in [0.15, 0.2) is 0 Å². The van der Waals surface area contributed by atoms with Crippen LogP contribution in [0.5, 0.6) is 0 Å². The summed E-state index contributed by atoms with van der Waals surface area (Å²) in [6.45, 7) is 2.72. The van der Waals surface area contributed by atoms with Crippen LogP contribution < -0.4 is 15.1 Å². The first kappa shape index (κ1) is 18.5. The van der Waals surface area contributed by atoms with Gasteiger partial charge in [0.05, 0.1) is 11.6 Å². The average Bonchev–Trinajstić information content (AvgIpc) is 3.34. The van der Waals surface area contributed by atoms with E-state index >= 15 is 0 Å². The second kappa shape index (κ2) is 8.00. The molecule has 4 rings (SSSR count). The van der Waals surface area contributed by atoms with Gasteiger partial charge in [-0.1, -0.05) is 30.3 Å². The van der Waals surface area contributed by atoms with E-state index in [1.165, 1.54) is 16.7 Å². The first-order valence-corrected chi connectivity index (χ1v) is 9.74. The minimum atomic E-state index is -0.441. The molecule has 2 aromatic rings. The van der Waals surface area contributed by atoms with Crippen molar-refractivity contribution in [2.24, 2.45) is 11.8 Å². The normalized spacial score (nSPS) is 22.0. The molecular weight excluding hydrogens is 357 g/mol. The summed E-state index contributed by atoms with van der Waals surface area (Å²) in [7, 11) is 0. The van der Waals surface area contributed by atoms with Crippen molar-refractivity contribution >= 4 is 23.2 Å². The lowest BCUT2D eigenvalue weighted by atomic mass is 10.1. The molecule has 0 aliphatic carbocycles. The maximum absolute atomic E-state index is 14.0. The van der Waals surface area contributed by atoms with E-state index in [-0.39, 0.29) is 30.5 Å². The van der Waals surface area contributed by atoms with Crippen LogP contribution in [-0.2, 0) is 9.59 Å². The smallest absolute Gasteiger partial charge is 0.227 e. The predicted octanol–water partition coefficient (Wildman–Crippen LogP) is 2.82. The van der Waals surface area contributed by atoms with Gasteiger partial charge in [0.1, 0.15) is 5.82 Å². The maximum Gasteiger partial charge on any atom is 0.227 e. The molecule has 0 bridgehead atoms. The highest BCUT2D eigenvalue weighted by Crippen LogP contribution is 2.28. The third-order valence-corrected chi connectivity index (χ3v) is 5.61. The molecule has 0 radical (unpaired) electrons. The minimum Gasteiger partial charge on any atom is -0.371 e. The quantitative estimate of drug-likeness (QED) is 0.867. The Bertz CT molecular complexity index is 858. The third kappa shape index (κ3) is 3.86. The molecule has 0 saturated carbocycles. The van der Waals surface area contributed by atoms with Crippen LogP contribution in [0.4, 0.5) is 15.8 Å². The lowest BCUT2D eigenvalue weighted by Crippen LogP contribution is -2.36. The summed E-state index contributed by atoms with van der Waals surface area (Å²) in [4.78, 5) is 28.5. The number of amides is 2. The second-order valence-corrected chi connectivity index (χ2v) is 7.54. The zero-order valence-corrected chi connectivity index (χ0v) is 15.7. The van der Waals surface area contributed by atoms with Crippen molar-refractivity contribution < 1.29 is 14.0 Å². The van der Waals surface area contributed by atoms with Crippen molar-refractivity contribution in [2.45, 2.75) is 12.8 Å². The van der Waals surface area contributed by atoms with Crippen molar-refractivity contribution in [1.29, 1.82) is 0 Å². The van der Waals surface area contributed by atoms with Crippen LogP contribution in [-0.4, -0.2) is 38.0 Å². The number of nitrogens with one attached hydrogen (secondary N) is 1. The number of anilines is 2. The molecule has 0 spiro atoms. The second-order valence-electron chi connectivity index (χ2n) is 7.54. The van der Waals surface area contributed by atoms with Crippen LogP contribution in [0, 0.1) is 17.7 Å². The van der Waals surface area contributed by atoms with E-state index in [1.807, 2.05) is 18.2 Å². The van der Waals surface area contributed by atoms with Gasteiger partial charge < -0.3 is 15.1 Å². The minimum absolute atomic E-state index is 0.120. The molecule has 2 fully saturated rings. The number of hydrogen-bond acceptors (Lipinski definition) is 3. The number of rotatable bonds is 5. The molecule has 2 amide bonds. The Morgan fingerprint density at radius 1 is 1.07 bits per heavy atom. The fourth-order valence-electron chi connectivity index (χ4n) is 4.05. The Hall–Kier alpha value is -2.89. The average molecular weight is 381 g/mol. The number of hydrogen-bond donors (Lipinski definition) is 1. The van der Waals surface area contributed by atoms with Gasteiger partial charge in [-0.05, 0) is 36.6 Å². The molecule has 28 heavy (non-hydrogen) atoms. The highest BCUT2D eigenvalue weighted by molar-refractivity contribution is 6.00. The maximum atomic E-state index is 14.0. The van der Waals surface area contributed by atoms with Gasteiger partial charge in [0, 0.05) is 38.3 Å². The van der Waals surface area contributed by atoms with E-state index < -0.39 is 11.7 Å². The SMILES string of the molecule is O=C(NCC1CCN(c2ccccc2)C1)C1CC(=O)N(c2ccccc2F)C1. The summed E-state index contributed by atoms with van der Waals surface area (Å²) in [5.41, 5.74) is 1.45. The number of carbonyl (C=O) groups excluding carboxylic acids is 2. The van der Waals surface area contributed by atoms with E-state index in [1.54, 1.807) is 18.2 Å².